The first-order valence-corrected chi connectivity index (χ1v) is 6.36. The molecule has 1 heterocycles. The molecule has 1 amide bonds. The second-order valence-electron chi connectivity index (χ2n) is 4.96. The average molecular weight is 263 g/mol. The minimum absolute atomic E-state index is 0. The normalized spacial score (nSPS) is 33.3. The van der Waals surface area contributed by atoms with Crippen LogP contribution in [0.25, 0.3) is 0 Å². The lowest BCUT2D eigenvalue weighted by molar-refractivity contribution is -0.143. The van der Waals surface area contributed by atoms with E-state index in [0.717, 1.165) is 38.8 Å². The van der Waals surface area contributed by atoms with Crippen molar-refractivity contribution in [2.75, 3.05) is 19.7 Å². The van der Waals surface area contributed by atoms with Crippen molar-refractivity contribution < 1.29 is 9.53 Å². The molecular weight excluding hydrogens is 240 g/mol. The van der Waals surface area contributed by atoms with Crippen molar-refractivity contribution in [3.8, 4) is 0 Å². The van der Waals surface area contributed by atoms with Gasteiger partial charge >= 0.3 is 0 Å². The maximum Gasteiger partial charge on any atom is 0.225 e. The van der Waals surface area contributed by atoms with Crippen LogP contribution in [0.1, 0.15) is 32.6 Å². The first-order valence-electron chi connectivity index (χ1n) is 6.36. The van der Waals surface area contributed by atoms with E-state index < -0.39 is 0 Å². The molecule has 1 aliphatic heterocycles. The Morgan fingerprint density at radius 3 is 2.82 bits per heavy atom. The number of rotatable bonds is 2. The molecular formula is C12H23ClN2O2. The van der Waals surface area contributed by atoms with Crippen LogP contribution in [0.2, 0.25) is 0 Å². The lowest BCUT2D eigenvalue weighted by Gasteiger charge is -2.34. The van der Waals surface area contributed by atoms with Crippen molar-refractivity contribution in [2.45, 2.75) is 44.8 Å². The van der Waals surface area contributed by atoms with Crippen molar-refractivity contribution in [3.05, 3.63) is 0 Å². The van der Waals surface area contributed by atoms with E-state index >= 15 is 0 Å². The molecule has 2 rings (SSSR count). The van der Waals surface area contributed by atoms with E-state index in [1.807, 2.05) is 4.90 Å². The maximum absolute atomic E-state index is 12.2. The van der Waals surface area contributed by atoms with Crippen LogP contribution in [-0.2, 0) is 9.53 Å². The van der Waals surface area contributed by atoms with Gasteiger partial charge in [0.05, 0.1) is 12.7 Å². The van der Waals surface area contributed by atoms with Gasteiger partial charge in [-0.3, -0.25) is 4.79 Å². The monoisotopic (exact) mass is 262 g/mol. The lowest BCUT2D eigenvalue weighted by Crippen LogP contribution is -2.47. The van der Waals surface area contributed by atoms with Crippen molar-refractivity contribution >= 4 is 18.3 Å². The summed E-state index contributed by atoms with van der Waals surface area (Å²) in [6.45, 7) is 4.30. The minimum atomic E-state index is 0. The fraction of sp³-hybridized carbons (Fsp3) is 0.917. The smallest absolute Gasteiger partial charge is 0.225 e. The summed E-state index contributed by atoms with van der Waals surface area (Å²) in [5.41, 5.74) is 5.85. The molecule has 0 aromatic rings. The van der Waals surface area contributed by atoms with Gasteiger partial charge in [-0.2, -0.15) is 0 Å². The molecule has 0 spiro atoms. The van der Waals surface area contributed by atoms with E-state index in [-0.39, 0.29) is 30.5 Å². The Labute approximate surface area is 109 Å². The predicted molar refractivity (Wildman–Crippen MR) is 69.2 cm³/mol. The van der Waals surface area contributed by atoms with Gasteiger partial charge in [0, 0.05) is 25.0 Å². The van der Waals surface area contributed by atoms with E-state index in [0.29, 0.717) is 12.5 Å². The number of halogens is 1. The van der Waals surface area contributed by atoms with Crippen molar-refractivity contribution in [2.24, 2.45) is 11.7 Å². The van der Waals surface area contributed by atoms with E-state index in [1.54, 1.807) is 0 Å². The molecule has 1 saturated heterocycles. The Morgan fingerprint density at radius 2 is 2.24 bits per heavy atom. The van der Waals surface area contributed by atoms with Crippen LogP contribution in [-0.4, -0.2) is 42.6 Å². The standard InChI is InChI=1S/C12H22N2O2.ClH/c1-2-11-8-14(5-6-16-11)12(15)9-3-4-10(13)7-9;/h9-11H,2-8,13H2,1H3;1H. The van der Waals surface area contributed by atoms with Crippen molar-refractivity contribution in [1.82, 2.24) is 4.90 Å². The Morgan fingerprint density at radius 1 is 1.47 bits per heavy atom. The molecule has 5 heteroatoms. The van der Waals surface area contributed by atoms with Gasteiger partial charge < -0.3 is 15.4 Å². The zero-order chi connectivity index (χ0) is 11.5. The summed E-state index contributed by atoms with van der Waals surface area (Å²) in [6, 6.07) is 0.233. The van der Waals surface area contributed by atoms with Crippen molar-refractivity contribution in [1.29, 1.82) is 0 Å². The van der Waals surface area contributed by atoms with Gasteiger partial charge in [0.15, 0.2) is 0 Å². The number of morpholine rings is 1. The van der Waals surface area contributed by atoms with Crippen LogP contribution in [0, 0.1) is 5.92 Å². The van der Waals surface area contributed by atoms with Gasteiger partial charge in [-0.05, 0) is 25.7 Å². The maximum atomic E-state index is 12.2. The number of carbonyl (C=O) groups is 1. The molecule has 3 atom stereocenters. The number of carbonyl (C=O) groups excluding carboxylic acids is 1. The van der Waals surface area contributed by atoms with E-state index in [9.17, 15) is 4.79 Å². The van der Waals surface area contributed by atoms with Gasteiger partial charge in [-0.1, -0.05) is 6.92 Å². The number of nitrogens with zero attached hydrogens (tertiary/aromatic N) is 1. The van der Waals surface area contributed by atoms with E-state index in [4.69, 9.17) is 10.5 Å². The Kier molecular flexibility index (Phi) is 5.70. The number of nitrogens with two attached hydrogens (primary N) is 1. The van der Waals surface area contributed by atoms with Gasteiger partial charge in [0.25, 0.3) is 0 Å². The Bertz CT molecular complexity index is 263. The molecule has 17 heavy (non-hydrogen) atoms. The largest absolute Gasteiger partial charge is 0.375 e. The van der Waals surface area contributed by atoms with Crippen molar-refractivity contribution in [3.63, 3.8) is 0 Å². The summed E-state index contributed by atoms with van der Waals surface area (Å²) in [6.07, 6.45) is 4.04. The molecule has 1 aliphatic carbocycles. The molecule has 0 aromatic carbocycles. The molecule has 0 radical (unpaired) electrons. The van der Waals surface area contributed by atoms with Crippen LogP contribution < -0.4 is 5.73 Å². The highest BCUT2D eigenvalue weighted by atomic mass is 35.5. The van der Waals surface area contributed by atoms with Crippen LogP contribution in [0.5, 0.6) is 0 Å². The minimum Gasteiger partial charge on any atom is -0.375 e. The Balaban J connectivity index is 0.00000144. The Hall–Kier alpha value is -0.320. The summed E-state index contributed by atoms with van der Waals surface area (Å²) in [4.78, 5) is 14.2. The van der Waals surface area contributed by atoms with Gasteiger partial charge in [-0.15, -0.1) is 12.4 Å². The molecule has 0 aromatic heterocycles. The second kappa shape index (κ2) is 6.57. The van der Waals surface area contributed by atoms with Gasteiger partial charge in [-0.25, -0.2) is 0 Å². The zero-order valence-electron chi connectivity index (χ0n) is 10.4. The quantitative estimate of drug-likeness (QED) is 0.813. The topological polar surface area (TPSA) is 55.6 Å². The third kappa shape index (κ3) is 3.57. The van der Waals surface area contributed by atoms with E-state index in [1.165, 1.54) is 0 Å². The summed E-state index contributed by atoms with van der Waals surface area (Å²) in [7, 11) is 0. The highest BCUT2D eigenvalue weighted by molar-refractivity contribution is 5.85. The molecule has 0 bridgehead atoms. The molecule has 2 N–H and O–H groups in total. The molecule has 4 nitrogen and oxygen atoms in total. The number of hydrogen-bond acceptors (Lipinski definition) is 3. The summed E-state index contributed by atoms with van der Waals surface area (Å²) >= 11 is 0. The summed E-state index contributed by atoms with van der Waals surface area (Å²) in [5.74, 6) is 0.473. The number of amides is 1. The van der Waals surface area contributed by atoms with Gasteiger partial charge in [0.1, 0.15) is 0 Å². The number of ether oxygens (including phenoxy) is 1. The molecule has 2 aliphatic rings. The highest BCUT2D eigenvalue weighted by Crippen LogP contribution is 2.26. The molecule has 2 fully saturated rings. The first-order chi connectivity index (χ1) is 7.70. The van der Waals surface area contributed by atoms with Gasteiger partial charge in [0.2, 0.25) is 5.91 Å². The number of hydrogen-bond donors (Lipinski definition) is 1. The summed E-state index contributed by atoms with van der Waals surface area (Å²) < 4.78 is 5.57. The van der Waals surface area contributed by atoms with Crippen LogP contribution >= 0.6 is 12.4 Å². The van der Waals surface area contributed by atoms with Crippen LogP contribution in [0.4, 0.5) is 0 Å². The SMILES string of the molecule is CCC1CN(C(=O)C2CCC(N)C2)CCO1.Cl. The van der Waals surface area contributed by atoms with E-state index in [2.05, 4.69) is 6.92 Å². The molecule has 1 saturated carbocycles. The zero-order valence-corrected chi connectivity index (χ0v) is 11.2. The second-order valence-corrected chi connectivity index (χ2v) is 4.96. The third-order valence-electron chi connectivity index (χ3n) is 3.73. The van der Waals surface area contributed by atoms with Crippen LogP contribution in [0.3, 0.4) is 0 Å². The molecule has 100 valence electrons. The fourth-order valence-electron chi connectivity index (χ4n) is 2.67. The summed E-state index contributed by atoms with van der Waals surface area (Å²) in [5, 5.41) is 0. The average Bonchev–Trinajstić information content (AvgIpc) is 2.75. The first kappa shape index (κ1) is 14.7. The fourth-order valence-corrected chi connectivity index (χ4v) is 2.67. The lowest BCUT2D eigenvalue weighted by atomic mass is 10.1. The highest BCUT2D eigenvalue weighted by Gasteiger charge is 2.33. The third-order valence-corrected chi connectivity index (χ3v) is 3.73. The molecule has 3 unspecified atom stereocenters. The predicted octanol–water partition coefficient (Wildman–Crippen LogP) is 1.17. The van der Waals surface area contributed by atoms with Crippen LogP contribution in [0.15, 0.2) is 0 Å².